The van der Waals surface area contributed by atoms with E-state index >= 15 is 0 Å². The number of carbonyl (C=O) groups is 2. The molecule has 0 spiro atoms. The number of aliphatic hydroxyl groups excluding tert-OH is 2. The van der Waals surface area contributed by atoms with Crippen molar-refractivity contribution < 1.29 is 24.5 Å². The molecule has 0 heterocycles. The van der Waals surface area contributed by atoms with Gasteiger partial charge in [0.25, 0.3) is 0 Å². The topological polar surface area (TPSA) is 95.9 Å². The molecule has 0 saturated carbocycles. The van der Waals surface area contributed by atoms with Crippen molar-refractivity contribution in [2.24, 2.45) is 0 Å². The minimum Gasteiger partial charge on any atom is -0.462 e. The number of unbranched alkanes of at least 4 members (excludes halogenated alkanes) is 29. The van der Waals surface area contributed by atoms with E-state index in [1.165, 1.54) is 141 Å². The lowest BCUT2D eigenvalue weighted by Gasteiger charge is -2.24. The van der Waals surface area contributed by atoms with Crippen molar-refractivity contribution >= 4 is 11.9 Å². The van der Waals surface area contributed by atoms with Gasteiger partial charge in [-0.25, -0.2) is 0 Å². The number of rotatable bonds is 49. The molecule has 0 radical (unpaired) electrons. The average molecular weight is 884 g/mol. The molecule has 0 aromatic heterocycles. The van der Waals surface area contributed by atoms with E-state index in [1.54, 1.807) is 0 Å². The highest BCUT2D eigenvalue weighted by atomic mass is 16.5. The molecule has 368 valence electrons. The molecule has 1 amide bonds. The first kappa shape index (κ1) is 60.8. The fraction of sp³-hybridized carbons (Fsp3) is 0.825. The van der Waals surface area contributed by atoms with Crippen LogP contribution >= 0.6 is 0 Å². The van der Waals surface area contributed by atoms with E-state index in [2.05, 4.69) is 74.7 Å². The Bertz CT molecular complexity index is 1080. The van der Waals surface area contributed by atoms with Gasteiger partial charge in [-0.2, -0.15) is 0 Å². The van der Waals surface area contributed by atoms with E-state index in [0.717, 1.165) is 89.9 Å². The molecule has 0 aliphatic carbocycles. The number of hydrogen-bond donors (Lipinski definition) is 3. The zero-order chi connectivity index (χ0) is 45.9. The number of ether oxygens (including phenoxy) is 1. The van der Waals surface area contributed by atoms with Crippen molar-refractivity contribution in [1.82, 2.24) is 5.32 Å². The molecule has 63 heavy (non-hydrogen) atoms. The van der Waals surface area contributed by atoms with Crippen molar-refractivity contribution in [3.05, 3.63) is 48.6 Å². The van der Waals surface area contributed by atoms with E-state index in [-0.39, 0.29) is 24.9 Å². The second-order valence-electron chi connectivity index (χ2n) is 18.6. The van der Waals surface area contributed by atoms with Gasteiger partial charge in [0.15, 0.2) is 0 Å². The van der Waals surface area contributed by atoms with Gasteiger partial charge < -0.3 is 20.3 Å². The Labute approximate surface area is 391 Å². The summed E-state index contributed by atoms with van der Waals surface area (Å²) < 4.78 is 5.92. The number of nitrogens with one attached hydrogen (secondary N) is 1. The van der Waals surface area contributed by atoms with Crippen molar-refractivity contribution in [3.8, 4) is 0 Å². The highest BCUT2D eigenvalue weighted by molar-refractivity contribution is 5.77. The Kier molecular flexibility index (Phi) is 49.1. The Hall–Kier alpha value is -2.18. The van der Waals surface area contributed by atoms with Crippen LogP contribution in [0.25, 0.3) is 0 Å². The van der Waals surface area contributed by atoms with Crippen LogP contribution in [-0.2, 0) is 14.3 Å². The van der Waals surface area contributed by atoms with E-state index in [1.807, 2.05) is 0 Å². The fourth-order valence-corrected chi connectivity index (χ4v) is 8.20. The summed E-state index contributed by atoms with van der Waals surface area (Å²) in [5.74, 6) is -0.499. The highest BCUT2D eigenvalue weighted by Gasteiger charge is 2.24. The minimum atomic E-state index is -0.793. The number of aliphatic hydroxyl groups is 2. The first-order chi connectivity index (χ1) is 31.0. The number of allylic oxidation sites excluding steroid dienone is 8. The molecule has 0 aromatic carbocycles. The lowest BCUT2D eigenvalue weighted by molar-refractivity contribution is -0.151. The third-order valence-corrected chi connectivity index (χ3v) is 12.4. The Morgan fingerprint density at radius 3 is 1.29 bits per heavy atom. The number of esters is 1. The summed E-state index contributed by atoms with van der Waals surface area (Å²) in [5.41, 5.74) is 0. The summed E-state index contributed by atoms with van der Waals surface area (Å²) in [5, 5.41) is 23.8. The summed E-state index contributed by atoms with van der Waals surface area (Å²) in [4.78, 5) is 26.1. The van der Waals surface area contributed by atoms with Gasteiger partial charge in [0.2, 0.25) is 5.91 Å². The molecule has 3 N–H and O–H groups in total. The normalized spacial score (nSPS) is 13.5. The van der Waals surface area contributed by atoms with E-state index < -0.39 is 18.2 Å². The van der Waals surface area contributed by atoms with Crippen LogP contribution < -0.4 is 5.32 Å². The zero-order valence-corrected chi connectivity index (χ0v) is 42.0. The standard InChI is InChI=1S/C57H105NO5/c1-4-7-10-13-16-19-22-24-26-27-28-29-31-33-35-38-41-44-47-50-57(62)63-53(48-45-42-39-36-21-18-15-12-9-6-3)51-56(61)58-54(52-59)55(60)49-46-43-40-37-34-32-30-25-23-20-17-14-11-8-5-2/h16,18-19,21,24,26,28-29,53-55,59-60H,4-15,17,20,22-23,25,27,30-52H2,1-3H3,(H,58,61)/b19-16-,21-18-,26-24-,29-28-. The van der Waals surface area contributed by atoms with Gasteiger partial charge in [0.1, 0.15) is 6.10 Å². The van der Waals surface area contributed by atoms with Crippen molar-refractivity contribution in [3.63, 3.8) is 0 Å². The molecule has 0 aliphatic heterocycles. The number of amides is 1. The maximum Gasteiger partial charge on any atom is 0.306 e. The summed E-state index contributed by atoms with van der Waals surface area (Å²) >= 11 is 0. The van der Waals surface area contributed by atoms with Crippen LogP contribution in [0.15, 0.2) is 48.6 Å². The lowest BCUT2D eigenvalue weighted by atomic mass is 10.0. The van der Waals surface area contributed by atoms with Crippen molar-refractivity contribution in [2.45, 2.75) is 296 Å². The van der Waals surface area contributed by atoms with Crippen LogP contribution in [0.2, 0.25) is 0 Å². The van der Waals surface area contributed by atoms with Gasteiger partial charge in [-0.3, -0.25) is 9.59 Å². The molecule has 0 aliphatic rings. The van der Waals surface area contributed by atoms with Crippen LogP contribution in [0.1, 0.15) is 278 Å². The summed E-state index contributed by atoms with van der Waals surface area (Å²) in [6, 6.07) is -0.708. The average Bonchev–Trinajstić information content (AvgIpc) is 3.28. The number of hydrogen-bond acceptors (Lipinski definition) is 5. The first-order valence-corrected chi connectivity index (χ1v) is 27.4. The molecular weight excluding hydrogens is 779 g/mol. The third kappa shape index (κ3) is 46.2. The molecule has 6 heteroatoms. The molecule has 0 fully saturated rings. The number of carbonyl (C=O) groups excluding carboxylic acids is 2. The molecule has 0 aromatic rings. The third-order valence-electron chi connectivity index (χ3n) is 12.4. The van der Waals surface area contributed by atoms with Gasteiger partial charge >= 0.3 is 5.97 Å². The van der Waals surface area contributed by atoms with Gasteiger partial charge in [-0.1, -0.05) is 223 Å². The monoisotopic (exact) mass is 884 g/mol. The Morgan fingerprint density at radius 1 is 0.460 bits per heavy atom. The first-order valence-electron chi connectivity index (χ1n) is 27.4. The largest absolute Gasteiger partial charge is 0.462 e. The van der Waals surface area contributed by atoms with Crippen LogP contribution in [0.4, 0.5) is 0 Å². The smallest absolute Gasteiger partial charge is 0.306 e. The maximum absolute atomic E-state index is 13.2. The van der Waals surface area contributed by atoms with Crippen LogP contribution in [0, 0.1) is 0 Å². The van der Waals surface area contributed by atoms with E-state index in [9.17, 15) is 19.8 Å². The molecule has 3 atom stereocenters. The molecule has 6 nitrogen and oxygen atoms in total. The Balaban J connectivity index is 4.48. The molecule has 3 unspecified atom stereocenters. The molecule has 0 rings (SSSR count). The molecular formula is C57H105NO5. The van der Waals surface area contributed by atoms with Crippen molar-refractivity contribution in [2.75, 3.05) is 6.61 Å². The molecule has 0 saturated heterocycles. The summed E-state index contributed by atoms with van der Waals surface area (Å²) in [6.45, 7) is 6.44. The summed E-state index contributed by atoms with van der Waals surface area (Å²) in [6.07, 6.45) is 61.7. The SMILES string of the molecule is CCCCC/C=C\C/C=C\C/C=C\CCCCCCCCC(=O)OC(CCCCC/C=C\CCCCC)CC(=O)NC(CO)C(O)CCCCCCCCCCCCCCCCC. The Morgan fingerprint density at radius 2 is 0.810 bits per heavy atom. The second kappa shape index (κ2) is 50.8. The van der Waals surface area contributed by atoms with Crippen LogP contribution in [0.5, 0.6) is 0 Å². The zero-order valence-electron chi connectivity index (χ0n) is 42.0. The predicted octanol–water partition coefficient (Wildman–Crippen LogP) is 16.6. The second-order valence-corrected chi connectivity index (χ2v) is 18.6. The predicted molar refractivity (Wildman–Crippen MR) is 273 cm³/mol. The quantitative estimate of drug-likeness (QED) is 0.0321. The van der Waals surface area contributed by atoms with Crippen LogP contribution in [0.3, 0.4) is 0 Å². The maximum atomic E-state index is 13.2. The van der Waals surface area contributed by atoms with Crippen LogP contribution in [-0.4, -0.2) is 46.9 Å². The fourth-order valence-electron chi connectivity index (χ4n) is 8.20. The van der Waals surface area contributed by atoms with Gasteiger partial charge in [-0.15, -0.1) is 0 Å². The van der Waals surface area contributed by atoms with Gasteiger partial charge in [-0.05, 0) is 89.9 Å². The van der Waals surface area contributed by atoms with Gasteiger partial charge in [0, 0.05) is 6.42 Å². The minimum absolute atomic E-state index is 0.0620. The van der Waals surface area contributed by atoms with E-state index in [4.69, 9.17) is 4.74 Å². The lowest BCUT2D eigenvalue weighted by Crippen LogP contribution is -2.46. The van der Waals surface area contributed by atoms with E-state index in [0.29, 0.717) is 19.3 Å². The van der Waals surface area contributed by atoms with Crippen molar-refractivity contribution in [1.29, 1.82) is 0 Å². The van der Waals surface area contributed by atoms with Gasteiger partial charge in [0.05, 0.1) is 25.2 Å². The molecule has 0 bridgehead atoms. The highest BCUT2D eigenvalue weighted by Crippen LogP contribution is 2.18. The summed E-state index contributed by atoms with van der Waals surface area (Å²) in [7, 11) is 0.